The Kier molecular flexibility index (Phi) is 6.12. The Hall–Kier alpha value is -3.00. The number of pyridine rings is 1. The summed E-state index contributed by atoms with van der Waals surface area (Å²) in [5.41, 5.74) is 0.0530. The number of aliphatic hydroxyl groups excluding tert-OH is 1. The highest BCUT2D eigenvalue weighted by Gasteiger charge is 2.49. The van der Waals surface area contributed by atoms with Gasteiger partial charge in [-0.3, -0.25) is 9.59 Å². The molecule has 29 heavy (non-hydrogen) atoms. The molecule has 1 aromatic heterocycles. The summed E-state index contributed by atoms with van der Waals surface area (Å²) >= 11 is 0. The van der Waals surface area contributed by atoms with Gasteiger partial charge in [0.1, 0.15) is 17.1 Å². The lowest BCUT2D eigenvalue weighted by Crippen LogP contribution is -2.57. The molecule has 2 aromatic rings. The Morgan fingerprint density at radius 2 is 1.93 bits per heavy atom. The largest absolute Gasteiger partial charge is 0.481 e. The van der Waals surface area contributed by atoms with E-state index in [-0.39, 0.29) is 25.3 Å². The number of carboxylic acids is 1. The van der Waals surface area contributed by atoms with Crippen molar-refractivity contribution in [3.63, 3.8) is 0 Å². The highest BCUT2D eigenvalue weighted by atomic mass is 19.1. The highest BCUT2D eigenvalue weighted by molar-refractivity contribution is 5.77. The second-order valence-electron chi connectivity index (χ2n) is 7.42. The van der Waals surface area contributed by atoms with Crippen LogP contribution in [0, 0.1) is 11.2 Å². The number of rotatable bonds is 6. The minimum absolute atomic E-state index is 0.0823. The molecule has 8 heteroatoms. The van der Waals surface area contributed by atoms with Crippen LogP contribution in [0.25, 0.3) is 0 Å². The van der Waals surface area contributed by atoms with Crippen LogP contribution in [-0.2, 0) is 22.6 Å². The number of anilines is 1. The SMILES string of the molecule is CC(=O)NCc1ccc(N2CC[C@@H](O)[C@](Cc3ccc(F)cc3)(C(=O)O)C2)nc1. The van der Waals surface area contributed by atoms with Crippen molar-refractivity contribution < 1.29 is 24.2 Å². The standard InChI is InChI=1S/C21H24FN3O4/c1-14(26)23-11-16-4-7-19(24-12-16)25-9-8-18(27)21(13-25,20(28)29)10-15-2-5-17(22)6-3-15/h2-7,12,18,27H,8-11,13H2,1H3,(H,23,26)(H,28,29)/t18-,21-/m1/s1. The third-order valence-corrected chi connectivity index (χ3v) is 5.32. The summed E-state index contributed by atoms with van der Waals surface area (Å²) in [6.07, 6.45) is 0.975. The lowest BCUT2D eigenvalue weighted by Gasteiger charge is -2.44. The Bertz CT molecular complexity index is 872. The molecule has 0 spiro atoms. The van der Waals surface area contributed by atoms with Crippen molar-refractivity contribution in [3.05, 3.63) is 59.5 Å². The minimum atomic E-state index is -1.42. The van der Waals surface area contributed by atoms with Gasteiger partial charge in [0, 0.05) is 32.8 Å². The molecule has 3 N–H and O–H groups in total. The van der Waals surface area contributed by atoms with Gasteiger partial charge >= 0.3 is 5.97 Å². The summed E-state index contributed by atoms with van der Waals surface area (Å²) in [4.78, 5) is 29.5. The Morgan fingerprint density at radius 3 is 2.52 bits per heavy atom. The number of halogens is 1. The molecule has 0 bridgehead atoms. The maximum atomic E-state index is 13.2. The van der Waals surface area contributed by atoms with Gasteiger partial charge in [0.15, 0.2) is 0 Å². The third kappa shape index (κ3) is 4.71. The number of carbonyl (C=O) groups is 2. The molecular formula is C21H24FN3O4. The lowest BCUT2D eigenvalue weighted by atomic mass is 9.73. The van der Waals surface area contributed by atoms with Crippen LogP contribution in [0.4, 0.5) is 10.2 Å². The molecule has 0 aliphatic carbocycles. The Balaban J connectivity index is 1.80. The van der Waals surface area contributed by atoms with Crippen molar-refractivity contribution in [1.29, 1.82) is 0 Å². The third-order valence-electron chi connectivity index (χ3n) is 5.32. The first-order valence-corrected chi connectivity index (χ1v) is 9.40. The number of aliphatic carboxylic acids is 1. The van der Waals surface area contributed by atoms with Gasteiger partial charge in [-0.25, -0.2) is 9.37 Å². The number of aromatic nitrogens is 1. The average molecular weight is 401 g/mol. The molecule has 1 aliphatic heterocycles. The van der Waals surface area contributed by atoms with E-state index >= 15 is 0 Å². The fourth-order valence-electron chi connectivity index (χ4n) is 3.64. The van der Waals surface area contributed by atoms with Crippen molar-refractivity contribution in [3.8, 4) is 0 Å². The Labute approximate surface area is 168 Å². The zero-order valence-electron chi connectivity index (χ0n) is 16.1. The van der Waals surface area contributed by atoms with Crippen LogP contribution in [0.3, 0.4) is 0 Å². The number of piperidine rings is 1. The van der Waals surface area contributed by atoms with Crippen molar-refractivity contribution in [2.45, 2.75) is 32.4 Å². The van der Waals surface area contributed by atoms with Gasteiger partial charge < -0.3 is 20.4 Å². The van der Waals surface area contributed by atoms with E-state index in [0.717, 1.165) is 5.56 Å². The summed E-state index contributed by atoms with van der Waals surface area (Å²) in [6, 6.07) is 9.26. The molecule has 1 amide bonds. The van der Waals surface area contributed by atoms with Gasteiger partial charge in [0.25, 0.3) is 0 Å². The predicted molar refractivity (Wildman–Crippen MR) is 105 cm³/mol. The van der Waals surface area contributed by atoms with E-state index in [1.54, 1.807) is 24.4 Å². The van der Waals surface area contributed by atoms with E-state index in [4.69, 9.17) is 0 Å². The summed E-state index contributed by atoms with van der Waals surface area (Å²) < 4.78 is 13.2. The first-order valence-electron chi connectivity index (χ1n) is 9.40. The maximum absolute atomic E-state index is 13.2. The first-order chi connectivity index (χ1) is 13.8. The molecule has 2 atom stereocenters. The van der Waals surface area contributed by atoms with Crippen LogP contribution < -0.4 is 10.2 Å². The number of hydrogen-bond donors (Lipinski definition) is 3. The fourth-order valence-corrected chi connectivity index (χ4v) is 3.64. The van der Waals surface area contributed by atoms with Crippen LogP contribution in [0.2, 0.25) is 0 Å². The normalized spacial score (nSPS) is 21.6. The Morgan fingerprint density at radius 1 is 1.24 bits per heavy atom. The van der Waals surface area contributed by atoms with Gasteiger partial charge in [-0.05, 0) is 42.2 Å². The van der Waals surface area contributed by atoms with Crippen LogP contribution in [0.5, 0.6) is 0 Å². The molecule has 1 fully saturated rings. The summed E-state index contributed by atoms with van der Waals surface area (Å²) in [6.45, 7) is 2.36. The smallest absolute Gasteiger partial charge is 0.314 e. The summed E-state index contributed by atoms with van der Waals surface area (Å²) in [5, 5.41) is 23.3. The van der Waals surface area contributed by atoms with Crippen molar-refractivity contribution >= 4 is 17.7 Å². The van der Waals surface area contributed by atoms with E-state index in [1.165, 1.54) is 19.1 Å². The molecule has 0 unspecified atom stereocenters. The number of amides is 1. The topological polar surface area (TPSA) is 103 Å². The number of nitrogens with zero attached hydrogens (tertiary/aromatic N) is 2. The van der Waals surface area contributed by atoms with Gasteiger partial charge in [-0.15, -0.1) is 0 Å². The number of benzene rings is 1. The number of carbonyl (C=O) groups excluding carboxylic acids is 1. The molecule has 154 valence electrons. The maximum Gasteiger partial charge on any atom is 0.314 e. The first kappa shape index (κ1) is 20.7. The predicted octanol–water partition coefficient (Wildman–Crippen LogP) is 1.74. The average Bonchev–Trinajstić information content (AvgIpc) is 2.70. The van der Waals surface area contributed by atoms with E-state index in [9.17, 15) is 24.2 Å². The number of aliphatic hydroxyl groups is 1. The molecule has 1 saturated heterocycles. The van der Waals surface area contributed by atoms with Crippen LogP contribution >= 0.6 is 0 Å². The molecule has 2 heterocycles. The molecule has 3 rings (SSSR count). The van der Waals surface area contributed by atoms with Crippen LogP contribution in [-0.4, -0.2) is 46.3 Å². The van der Waals surface area contributed by atoms with Gasteiger partial charge in [0.2, 0.25) is 5.91 Å². The van der Waals surface area contributed by atoms with E-state index in [2.05, 4.69) is 10.3 Å². The van der Waals surface area contributed by atoms with E-state index < -0.39 is 23.3 Å². The van der Waals surface area contributed by atoms with Crippen molar-refractivity contribution in [2.75, 3.05) is 18.0 Å². The second-order valence-corrected chi connectivity index (χ2v) is 7.42. The zero-order chi connectivity index (χ0) is 21.0. The number of nitrogens with one attached hydrogen (secondary N) is 1. The van der Waals surface area contributed by atoms with Crippen molar-refractivity contribution in [2.24, 2.45) is 5.41 Å². The van der Waals surface area contributed by atoms with Gasteiger partial charge in [0.05, 0.1) is 6.10 Å². The van der Waals surface area contributed by atoms with E-state index in [1.807, 2.05) is 11.0 Å². The number of hydrogen-bond acceptors (Lipinski definition) is 5. The molecular weight excluding hydrogens is 377 g/mol. The second kappa shape index (κ2) is 8.57. The summed E-state index contributed by atoms with van der Waals surface area (Å²) in [7, 11) is 0. The highest BCUT2D eigenvalue weighted by Crippen LogP contribution is 2.36. The summed E-state index contributed by atoms with van der Waals surface area (Å²) in [5.74, 6) is -1.02. The molecule has 1 aromatic carbocycles. The fraction of sp³-hybridized carbons (Fsp3) is 0.381. The molecule has 0 saturated carbocycles. The molecule has 0 radical (unpaired) electrons. The van der Waals surface area contributed by atoms with Crippen molar-refractivity contribution in [1.82, 2.24) is 10.3 Å². The zero-order valence-corrected chi connectivity index (χ0v) is 16.1. The lowest BCUT2D eigenvalue weighted by molar-refractivity contribution is -0.157. The quantitative estimate of drug-likeness (QED) is 0.681. The van der Waals surface area contributed by atoms with Gasteiger partial charge in [-0.1, -0.05) is 18.2 Å². The van der Waals surface area contributed by atoms with Crippen LogP contribution in [0.15, 0.2) is 42.6 Å². The molecule has 7 nitrogen and oxygen atoms in total. The van der Waals surface area contributed by atoms with Gasteiger partial charge in [-0.2, -0.15) is 0 Å². The minimum Gasteiger partial charge on any atom is -0.481 e. The monoisotopic (exact) mass is 401 g/mol. The number of carboxylic acid groups (broad SMARTS) is 1. The molecule has 1 aliphatic rings. The van der Waals surface area contributed by atoms with Crippen LogP contribution in [0.1, 0.15) is 24.5 Å². The van der Waals surface area contributed by atoms with E-state index in [0.29, 0.717) is 24.5 Å².